The number of tetrazole rings is 1. The summed E-state index contributed by atoms with van der Waals surface area (Å²) in [6.07, 6.45) is -4.58. The van der Waals surface area contributed by atoms with Crippen molar-refractivity contribution in [1.29, 1.82) is 0 Å². The molecule has 3 aliphatic rings. The van der Waals surface area contributed by atoms with Gasteiger partial charge in [-0.15, -0.1) is 5.10 Å². The van der Waals surface area contributed by atoms with Crippen molar-refractivity contribution in [2.24, 2.45) is 5.41 Å². The molecule has 2 bridgehead atoms. The molecule has 2 atom stereocenters. The standard InChI is InChI=1S/C22H19F7N6O3/c23-13-1-2-14(15(24)3-13)20(37,10-35-11-32-33-34-35)22(28,29)19-7-18(8-19,9-19)12-4-30-17(31-5-12)38-6-16(36)21(25,26)27/h1-5,11,16,36-37H,6-10H2/t16-,18?,19?,20-/m0/s1. The van der Waals surface area contributed by atoms with Crippen molar-refractivity contribution in [3.63, 3.8) is 0 Å². The van der Waals surface area contributed by atoms with Crippen molar-refractivity contribution in [3.8, 4) is 6.01 Å². The summed E-state index contributed by atoms with van der Waals surface area (Å²) in [5, 5.41) is 30.5. The number of benzene rings is 1. The van der Waals surface area contributed by atoms with Crippen LogP contribution >= 0.6 is 0 Å². The van der Waals surface area contributed by atoms with Crippen LogP contribution in [-0.4, -0.2) is 65.2 Å². The van der Waals surface area contributed by atoms with Crippen molar-refractivity contribution in [2.75, 3.05) is 6.61 Å². The van der Waals surface area contributed by atoms with Crippen LogP contribution in [0.15, 0.2) is 36.9 Å². The Hall–Kier alpha value is -3.40. The van der Waals surface area contributed by atoms with Crippen LogP contribution in [0.4, 0.5) is 30.7 Å². The quantitative estimate of drug-likeness (QED) is 0.392. The predicted octanol–water partition coefficient (Wildman–Crippen LogP) is 2.69. The van der Waals surface area contributed by atoms with E-state index in [4.69, 9.17) is 9.84 Å². The Morgan fingerprint density at radius 1 is 1.05 bits per heavy atom. The van der Waals surface area contributed by atoms with Gasteiger partial charge in [0.2, 0.25) is 0 Å². The lowest BCUT2D eigenvalue weighted by Gasteiger charge is -2.74. The van der Waals surface area contributed by atoms with Gasteiger partial charge in [-0.05, 0) is 47.4 Å². The van der Waals surface area contributed by atoms with Crippen molar-refractivity contribution in [2.45, 2.75) is 55.0 Å². The van der Waals surface area contributed by atoms with Gasteiger partial charge in [-0.2, -0.15) is 13.2 Å². The highest BCUT2D eigenvalue weighted by atomic mass is 19.4. The zero-order valence-electron chi connectivity index (χ0n) is 19.2. The third-order valence-corrected chi connectivity index (χ3v) is 7.36. The number of hydrogen-bond acceptors (Lipinski definition) is 8. The average molecular weight is 548 g/mol. The van der Waals surface area contributed by atoms with Gasteiger partial charge in [-0.3, -0.25) is 0 Å². The fourth-order valence-corrected chi connectivity index (χ4v) is 5.44. The summed E-state index contributed by atoms with van der Waals surface area (Å²) < 4.78 is 103. The second-order valence-corrected chi connectivity index (χ2v) is 9.78. The summed E-state index contributed by atoms with van der Waals surface area (Å²) in [7, 11) is 0. The second kappa shape index (κ2) is 8.56. The predicted molar refractivity (Wildman–Crippen MR) is 111 cm³/mol. The molecule has 2 N–H and O–H groups in total. The molecular formula is C22H19F7N6O3. The van der Waals surface area contributed by atoms with Crippen molar-refractivity contribution in [3.05, 3.63) is 59.7 Å². The fourth-order valence-electron chi connectivity index (χ4n) is 5.44. The number of ether oxygens (including phenoxy) is 1. The van der Waals surface area contributed by atoms with Gasteiger partial charge >= 0.3 is 12.2 Å². The number of halogens is 7. The molecule has 3 aliphatic carbocycles. The fraction of sp³-hybridized carbons (Fsp3) is 0.500. The van der Waals surface area contributed by atoms with Gasteiger partial charge in [0.05, 0.1) is 6.54 Å². The smallest absolute Gasteiger partial charge is 0.417 e. The molecule has 16 heteroatoms. The maximum absolute atomic E-state index is 16.2. The van der Waals surface area contributed by atoms with E-state index in [2.05, 4.69) is 25.5 Å². The monoisotopic (exact) mass is 548 g/mol. The number of rotatable bonds is 9. The zero-order chi connectivity index (χ0) is 27.6. The van der Waals surface area contributed by atoms with E-state index >= 15 is 8.78 Å². The molecule has 0 saturated heterocycles. The van der Waals surface area contributed by atoms with Crippen LogP contribution in [0.3, 0.4) is 0 Å². The largest absolute Gasteiger partial charge is 0.460 e. The second-order valence-electron chi connectivity index (χ2n) is 9.78. The highest BCUT2D eigenvalue weighted by molar-refractivity contribution is 5.41. The van der Waals surface area contributed by atoms with Crippen LogP contribution in [0.2, 0.25) is 0 Å². The minimum Gasteiger partial charge on any atom is -0.460 e. The lowest BCUT2D eigenvalue weighted by Crippen LogP contribution is -2.76. The molecule has 2 heterocycles. The summed E-state index contributed by atoms with van der Waals surface area (Å²) in [4.78, 5) is 7.59. The zero-order valence-corrected chi connectivity index (χ0v) is 19.2. The van der Waals surface area contributed by atoms with Crippen LogP contribution in [0.1, 0.15) is 30.4 Å². The van der Waals surface area contributed by atoms with E-state index in [0.717, 1.165) is 23.1 Å². The molecule has 6 rings (SSSR count). The van der Waals surface area contributed by atoms with E-state index in [0.29, 0.717) is 11.6 Å². The summed E-state index contributed by atoms with van der Waals surface area (Å²) in [5.74, 6) is -6.30. The molecule has 204 valence electrons. The van der Waals surface area contributed by atoms with Crippen LogP contribution in [0, 0.1) is 17.0 Å². The van der Waals surface area contributed by atoms with Gasteiger partial charge in [-0.1, -0.05) is 0 Å². The first kappa shape index (κ1) is 26.2. The van der Waals surface area contributed by atoms with E-state index < -0.39 is 71.0 Å². The Labute approximate surface area is 209 Å². The Balaban J connectivity index is 1.35. The number of alkyl halides is 5. The Kier molecular flexibility index (Phi) is 5.90. The number of aromatic nitrogens is 6. The Morgan fingerprint density at radius 3 is 2.26 bits per heavy atom. The molecule has 0 spiro atoms. The first-order chi connectivity index (χ1) is 17.7. The molecular weight excluding hydrogens is 529 g/mol. The van der Waals surface area contributed by atoms with Crippen LogP contribution in [0.5, 0.6) is 6.01 Å². The van der Waals surface area contributed by atoms with Crippen LogP contribution < -0.4 is 4.74 Å². The molecule has 3 saturated carbocycles. The first-order valence-electron chi connectivity index (χ1n) is 11.2. The van der Waals surface area contributed by atoms with Gasteiger partial charge in [0.25, 0.3) is 5.92 Å². The number of hydrogen-bond donors (Lipinski definition) is 2. The van der Waals surface area contributed by atoms with E-state index in [-0.39, 0.29) is 19.3 Å². The molecule has 0 unspecified atom stereocenters. The molecule has 3 aromatic rings. The topological polar surface area (TPSA) is 119 Å². The molecule has 0 amide bonds. The average Bonchev–Trinajstić information content (AvgIpc) is 3.28. The minimum atomic E-state index is -4.88. The summed E-state index contributed by atoms with van der Waals surface area (Å²) in [6.45, 7) is -2.04. The molecule has 9 nitrogen and oxygen atoms in total. The third kappa shape index (κ3) is 3.97. The SMILES string of the molecule is O[C@@H](COc1ncc(C23CC(C(F)(F)[C@](O)(Cn4cnnn4)c4ccc(F)cc4F)(C2)C3)cn1)C(F)(F)F. The molecule has 2 aromatic heterocycles. The number of nitrogens with zero attached hydrogens (tertiary/aromatic N) is 6. The van der Waals surface area contributed by atoms with E-state index in [1.165, 1.54) is 12.4 Å². The maximum Gasteiger partial charge on any atom is 0.417 e. The van der Waals surface area contributed by atoms with E-state index in [9.17, 15) is 27.1 Å². The Morgan fingerprint density at radius 2 is 1.71 bits per heavy atom. The van der Waals surface area contributed by atoms with Crippen molar-refractivity contribution in [1.82, 2.24) is 30.2 Å². The van der Waals surface area contributed by atoms with Gasteiger partial charge in [0, 0.05) is 34.9 Å². The van der Waals surface area contributed by atoms with Gasteiger partial charge in [0.15, 0.2) is 11.7 Å². The van der Waals surface area contributed by atoms with Gasteiger partial charge in [0.1, 0.15) is 24.6 Å². The lowest BCUT2D eigenvalue weighted by molar-refractivity contribution is -0.347. The van der Waals surface area contributed by atoms with E-state index in [1.807, 2.05) is 0 Å². The van der Waals surface area contributed by atoms with Crippen LogP contribution in [-0.2, 0) is 17.6 Å². The van der Waals surface area contributed by atoms with E-state index in [1.54, 1.807) is 0 Å². The number of aliphatic hydroxyl groups is 2. The molecule has 0 radical (unpaired) electrons. The molecule has 0 aliphatic heterocycles. The highest BCUT2D eigenvalue weighted by Crippen LogP contribution is 2.80. The van der Waals surface area contributed by atoms with Crippen molar-refractivity contribution < 1.29 is 45.7 Å². The minimum absolute atomic E-state index is 0.135. The maximum atomic E-state index is 16.2. The third-order valence-electron chi connectivity index (χ3n) is 7.36. The normalized spacial score (nSPS) is 25.2. The summed E-state index contributed by atoms with van der Waals surface area (Å²) in [6, 6.07) is 1.48. The van der Waals surface area contributed by atoms with Crippen LogP contribution in [0.25, 0.3) is 0 Å². The molecule has 38 heavy (non-hydrogen) atoms. The highest BCUT2D eigenvalue weighted by Gasteiger charge is 2.82. The molecule has 1 aromatic carbocycles. The van der Waals surface area contributed by atoms with Gasteiger partial charge in [-0.25, -0.2) is 32.2 Å². The van der Waals surface area contributed by atoms with Gasteiger partial charge < -0.3 is 14.9 Å². The molecule has 3 fully saturated rings. The summed E-state index contributed by atoms with van der Waals surface area (Å²) >= 11 is 0. The summed E-state index contributed by atoms with van der Waals surface area (Å²) in [5.41, 5.74) is -6.06. The number of aliphatic hydroxyl groups excluding tert-OH is 1. The lowest BCUT2D eigenvalue weighted by atomic mass is 9.31. The van der Waals surface area contributed by atoms with Crippen molar-refractivity contribution >= 4 is 0 Å². The Bertz CT molecular complexity index is 1300. The first-order valence-corrected chi connectivity index (χ1v) is 11.2.